The summed E-state index contributed by atoms with van der Waals surface area (Å²) in [5.74, 6) is 0.116. The van der Waals surface area contributed by atoms with Crippen LogP contribution in [0.15, 0.2) is 24.4 Å². The highest BCUT2D eigenvalue weighted by Crippen LogP contribution is 2.20. The van der Waals surface area contributed by atoms with Gasteiger partial charge in [0, 0.05) is 17.1 Å². The Morgan fingerprint density at radius 1 is 1.20 bits per heavy atom. The Morgan fingerprint density at radius 2 is 2.00 bits per heavy atom. The van der Waals surface area contributed by atoms with Gasteiger partial charge in [-0.3, -0.25) is 0 Å². The molecule has 0 aliphatic carbocycles. The largest absolute Gasteiger partial charge is 0.361 e. The summed E-state index contributed by atoms with van der Waals surface area (Å²) >= 11 is 0. The summed E-state index contributed by atoms with van der Waals surface area (Å²) in [5.41, 5.74) is 3.39. The summed E-state index contributed by atoms with van der Waals surface area (Å²) in [6.45, 7) is 0.922. The molecule has 1 aromatic heterocycles. The second-order valence-electron chi connectivity index (χ2n) is 4.82. The van der Waals surface area contributed by atoms with Crippen molar-refractivity contribution in [2.24, 2.45) is 0 Å². The number of rotatable bonds is 7. The molecule has 0 amide bonds. The van der Waals surface area contributed by atoms with E-state index in [0.717, 1.165) is 24.0 Å². The fraction of sp³-hybridized carbons (Fsp3) is 0.429. The molecule has 1 heterocycles. The van der Waals surface area contributed by atoms with Crippen LogP contribution in [0.4, 0.5) is 0 Å². The van der Waals surface area contributed by atoms with Gasteiger partial charge in [-0.2, -0.15) is 0 Å². The van der Waals surface area contributed by atoms with Gasteiger partial charge < -0.3 is 10.3 Å². The molecule has 0 bridgehead atoms. The normalized spacial score (nSPS) is 12.1. The van der Waals surface area contributed by atoms with Gasteiger partial charge >= 0.3 is 0 Å². The van der Waals surface area contributed by atoms with E-state index in [4.69, 9.17) is 0 Å². The molecule has 0 spiro atoms. The first-order valence-corrected chi connectivity index (χ1v) is 8.35. The minimum atomic E-state index is -3.15. The summed E-state index contributed by atoms with van der Waals surface area (Å²) in [5, 5.41) is 4.32. The lowest BCUT2D eigenvalue weighted by molar-refractivity contribution is 0.587. The van der Waals surface area contributed by atoms with Crippen LogP contribution in [-0.4, -0.2) is 39.8 Å². The maximum Gasteiger partial charge on any atom is 0.211 e. The molecule has 0 saturated carbocycles. The maximum absolute atomic E-state index is 11.5. The molecule has 0 atom stereocenters. The van der Waals surface area contributed by atoms with Gasteiger partial charge in [0.1, 0.15) is 0 Å². The van der Waals surface area contributed by atoms with Gasteiger partial charge in [-0.25, -0.2) is 13.1 Å². The van der Waals surface area contributed by atoms with Crippen molar-refractivity contribution < 1.29 is 8.42 Å². The monoisotopic (exact) mass is 295 g/mol. The van der Waals surface area contributed by atoms with E-state index in [0.29, 0.717) is 6.42 Å². The number of hydrogen-bond donors (Lipinski definition) is 3. The van der Waals surface area contributed by atoms with Crippen LogP contribution in [0.25, 0.3) is 10.9 Å². The number of likely N-dealkylation sites (N-methyl/N-ethyl adjacent to an activating group) is 1. The zero-order valence-electron chi connectivity index (χ0n) is 11.9. The van der Waals surface area contributed by atoms with Crippen molar-refractivity contribution in [2.75, 3.05) is 26.4 Å². The number of fused-ring (bicyclic) bond motifs is 1. The van der Waals surface area contributed by atoms with Crippen LogP contribution >= 0.6 is 0 Å². The summed E-state index contributed by atoms with van der Waals surface area (Å²) in [4.78, 5) is 3.25. The number of aryl methyl sites for hydroxylation is 1. The maximum atomic E-state index is 11.5. The Morgan fingerprint density at radius 3 is 2.70 bits per heavy atom. The number of aromatic nitrogens is 1. The number of benzene rings is 1. The molecular formula is C14H21N3O2S. The quantitative estimate of drug-likeness (QED) is 0.714. The number of sulfonamides is 1. The van der Waals surface area contributed by atoms with Crippen molar-refractivity contribution >= 4 is 20.9 Å². The zero-order chi connectivity index (χ0) is 14.6. The van der Waals surface area contributed by atoms with Crippen molar-refractivity contribution in [2.45, 2.75) is 12.8 Å². The van der Waals surface area contributed by atoms with Gasteiger partial charge in [0.05, 0.1) is 5.75 Å². The lowest BCUT2D eigenvalue weighted by atomic mass is 10.1. The Bertz CT molecular complexity index is 677. The SMILES string of the molecule is CNCCc1c[nH]c2ccc(CCS(=O)(=O)NC)cc12. The number of nitrogens with one attached hydrogen (secondary N) is 3. The Balaban J connectivity index is 2.19. The number of hydrogen-bond acceptors (Lipinski definition) is 3. The molecule has 0 aliphatic heterocycles. The first-order valence-electron chi connectivity index (χ1n) is 6.70. The lowest BCUT2D eigenvalue weighted by Crippen LogP contribution is -2.23. The van der Waals surface area contributed by atoms with Gasteiger partial charge in [0.25, 0.3) is 0 Å². The van der Waals surface area contributed by atoms with E-state index in [1.165, 1.54) is 18.0 Å². The van der Waals surface area contributed by atoms with E-state index in [-0.39, 0.29) is 5.75 Å². The average Bonchev–Trinajstić information content (AvgIpc) is 2.85. The van der Waals surface area contributed by atoms with Gasteiger partial charge in [0.15, 0.2) is 0 Å². The lowest BCUT2D eigenvalue weighted by Gasteiger charge is -2.04. The summed E-state index contributed by atoms with van der Waals surface area (Å²) < 4.78 is 25.3. The molecular weight excluding hydrogens is 274 g/mol. The first-order chi connectivity index (χ1) is 9.55. The standard InChI is InChI=1S/C14H21N3O2S/c1-15-7-5-12-10-17-14-4-3-11(9-13(12)14)6-8-20(18,19)16-2/h3-4,9-10,15-17H,5-8H2,1-2H3. The third-order valence-corrected chi connectivity index (χ3v) is 4.81. The van der Waals surface area contributed by atoms with E-state index in [2.05, 4.69) is 21.1 Å². The van der Waals surface area contributed by atoms with E-state index in [1.54, 1.807) is 0 Å². The molecule has 110 valence electrons. The molecule has 20 heavy (non-hydrogen) atoms. The van der Waals surface area contributed by atoms with Crippen LogP contribution in [0, 0.1) is 0 Å². The van der Waals surface area contributed by atoms with Crippen LogP contribution in [-0.2, 0) is 22.9 Å². The Kier molecular flexibility index (Phi) is 4.80. The highest BCUT2D eigenvalue weighted by Gasteiger charge is 2.09. The Labute approximate surface area is 119 Å². The third kappa shape index (κ3) is 3.59. The predicted octanol–water partition coefficient (Wildman–Crippen LogP) is 1.02. The van der Waals surface area contributed by atoms with Gasteiger partial charge in [-0.1, -0.05) is 6.07 Å². The fourth-order valence-corrected chi connectivity index (χ4v) is 2.91. The highest BCUT2D eigenvalue weighted by atomic mass is 32.2. The van der Waals surface area contributed by atoms with E-state index < -0.39 is 10.0 Å². The summed E-state index contributed by atoms with van der Waals surface area (Å²) in [7, 11) is 0.229. The van der Waals surface area contributed by atoms with E-state index in [9.17, 15) is 8.42 Å². The number of aromatic amines is 1. The van der Waals surface area contributed by atoms with Crippen LogP contribution in [0.5, 0.6) is 0 Å². The van der Waals surface area contributed by atoms with Crippen molar-refractivity contribution in [3.8, 4) is 0 Å². The second kappa shape index (κ2) is 6.39. The Hall–Kier alpha value is -1.37. The summed E-state index contributed by atoms with van der Waals surface area (Å²) in [6, 6.07) is 6.08. The molecule has 1 aromatic carbocycles. The zero-order valence-corrected chi connectivity index (χ0v) is 12.7. The molecule has 5 nitrogen and oxygen atoms in total. The smallest absolute Gasteiger partial charge is 0.211 e. The van der Waals surface area contributed by atoms with Crippen LogP contribution in [0.2, 0.25) is 0 Å². The van der Waals surface area contributed by atoms with Gasteiger partial charge in [0.2, 0.25) is 10.0 Å². The first kappa shape index (κ1) is 15.0. The van der Waals surface area contributed by atoms with Crippen LogP contribution < -0.4 is 10.0 Å². The molecule has 3 N–H and O–H groups in total. The molecule has 0 unspecified atom stereocenters. The van der Waals surface area contributed by atoms with Crippen molar-refractivity contribution in [3.05, 3.63) is 35.5 Å². The minimum Gasteiger partial charge on any atom is -0.361 e. The van der Waals surface area contributed by atoms with E-state index in [1.807, 2.05) is 25.4 Å². The highest BCUT2D eigenvalue weighted by molar-refractivity contribution is 7.89. The van der Waals surface area contributed by atoms with Crippen molar-refractivity contribution in [1.29, 1.82) is 0 Å². The van der Waals surface area contributed by atoms with Crippen molar-refractivity contribution in [3.63, 3.8) is 0 Å². The fourth-order valence-electron chi connectivity index (χ4n) is 2.20. The molecule has 0 fully saturated rings. The topological polar surface area (TPSA) is 74.0 Å². The van der Waals surface area contributed by atoms with Crippen LogP contribution in [0.1, 0.15) is 11.1 Å². The predicted molar refractivity (Wildman–Crippen MR) is 82.5 cm³/mol. The van der Waals surface area contributed by atoms with Gasteiger partial charge in [-0.15, -0.1) is 0 Å². The van der Waals surface area contributed by atoms with Crippen LogP contribution in [0.3, 0.4) is 0 Å². The van der Waals surface area contributed by atoms with E-state index >= 15 is 0 Å². The molecule has 0 saturated heterocycles. The number of H-pyrrole nitrogens is 1. The van der Waals surface area contributed by atoms with Gasteiger partial charge in [-0.05, 0) is 56.7 Å². The second-order valence-corrected chi connectivity index (χ2v) is 6.87. The minimum absolute atomic E-state index is 0.116. The molecule has 0 radical (unpaired) electrons. The molecule has 2 aromatic rings. The average molecular weight is 295 g/mol. The third-order valence-electron chi connectivity index (χ3n) is 3.45. The molecule has 0 aliphatic rings. The van der Waals surface area contributed by atoms with Crippen molar-refractivity contribution in [1.82, 2.24) is 15.0 Å². The molecule has 6 heteroatoms. The molecule has 2 rings (SSSR count). The summed E-state index contributed by atoms with van der Waals surface area (Å²) in [6.07, 6.45) is 3.50.